The molecule has 0 aromatic heterocycles. The topological polar surface area (TPSA) is 72.8 Å². The molecule has 0 bridgehead atoms. The van der Waals surface area contributed by atoms with Gasteiger partial charge in [0.05, 0.1) is 19.8 Å². The first-order valence-corrected chi connectivity index (χ1v) is 6.74. The number of carbonyl (C=O) groups excluding carboxylic acids is 1. The van der Waals surface area contributed by atoms with Gasteiger partial charge in [-0.25, -0.2) is 22.6 Å². The number of halogens is 1. The number of hydrogen-bond donors (Lipinski definition) is 0. The van der Waals surface area contributed by atoms with Gasteiger partial charge in [0.15, 0.2) is 9.84 Å². The van der Waals surface area contributed by atoms with Gasteiger partial charge < -0.3 is 4.74 Å². The Labute approximate surface area is 103 Å². The molecule has 1 aromatic carbocycles. The third-order valence-electron chi connectivity index (χ3n) is 2.68. The maximum Gasteiger partial charge on any atom is 0.235 e. The lowest BCUT2D eigenvalue weighted by Gasteiger charge is -2.25. The fraction of sp³-hybridized carbons (Fsp3) is 0.364. The van der Waals surface area contributed by atoms with Crippen LogP contribution >= 0.6 is 0 Å². The summed E-state index contributed by atoms with van der Waals surface area (Å²) in [7, 11) is -3.68. The Morgan fingerprint density at radius 3 is 2.67 bits per heavy atom. The summed E-state index contributed by atoms with van der Waals surface area (Å²) >= 11 is 0. The average Bonchev–Trinajstić information content (AvgIpc) is 2.22. The Morgan fingerprint density at radius 1 is 1.44 bits per heavy atom. The van der Waals surface area contributed by atoms with Crippen molar-refractivity contribution in [3.8, 4) is 0 Å². The van der Waals surface area contributed by atoms with Crippen molar-refractivity contribution in [1.82, 2.24) is 0 Å². The van der Waals surface area contributed by atoms with Crippen LogP contribution in [0.2, 0.25) is 0 Å². The second-order valence-electron chi connectivity index (χ2n) is 3.88. The van der Waals surface area contributed by atoms with Crippen LogP contribution in [-0.4, -0.2) is 33.0 Å². The van der Waals surface area contributed by atoms with Crippen molar-refractivity contribution in [3.63, 3.8) is 0 Å². The van der Waals surface area contributed by atoms with E-state index in [1.165, 1.54) is 18.2 Å². The van der Waals surface area contributed by atoms with E-state index in [0.29, 0.717) is 5.56 Å². The van der Waals surface area contributed by atoms with Crippen LogP contribution in [0, 0.1) is 5.82 Å². The summed E-state index contributed by atoms with van der Waals surface area (Å²) in [5.74, 6) is -0.833. The number of rotatable bonds is 4. The molecule has 1 fully saturated rings. The molecule has 0 unspecified atom stereocenters. The van der Waals surface area contributed by atoms with Crippen molar-refractivity contribution >= 4 is 15.9 Å². The summed E-state index contributed by atoms with van der Waals surface area (Å²) in [4.78, 5) is 12.9. The highest BCUT2D eigenvalue weighted by Crippen LogP contribution is 2.24. The Balaban J connectivity index is 2.32. The number of aliphatic imine (C=N–C) groups is 1. The molecule has 96 valence electrons. The minimum Gasteiger partial charge on any atom is -0.379 e. The Kier molecular flexibility index (Phi) is 3.56. The van der Waals surface area contributed by atoms with Gasteiger partial charge in [0.2, 0.25) is 6.08 Å². The van der Waals surface area contributed by atoms with Gasteiger partial charge in [-0.15, -0.1) is 0 Å². The molecule has 1 aliphatic rings. The molecule has 5 nitrogen and oxygen atoms in total. The van der Waals surface area contributed by atoms with Crippen LogP contribution in [0.15, 0.2) is 28.1 Å². The molecule has 2 rings (SSSR count). The van der Waals surface area contributed by atoms with Gasteiger partial charge in [-0.2, -0.15) is 0 Å². The highest BCUT2D eigenvalue weighted by atomic mass is 32.2. The smallest absolute Gasteiger partial charge is 0.235 e. The quantitative estimate of drug-likeness (QED) is 0.600. The van der Waals surface area contributed by atoms with Crippen molar-refractivity contribution in [2.75, 3.05) is 13.2 Å². The largest absolute Gasteiger partial charge is 0.379 e. The van der Waals surface area contributed by atoms with E-state index in [4.69, 9.17) is 4.74 Å². The number of hydrogen-bond acceptors (Lipinski definition) is 5. The van der Waals surface area contributed by atoms with E-state index in [9.17, 15) is 17.6 Å². The monoisotopic (exact) mass is 271 g/mol. The van der Waals surface area contributed by atoms with Gasteiger partial charge in [-0.05, 0) is 17.7 Å². The molecule has 1 aromatic rings. The summed E-state index contributed by atoms with van der Waals surface area (Å²) in [5, 5.41) is -0.675. The first-order valence-electron chi connectivity index (χ1n) is 5.19. The van der Waals surface area contributed by atoms with Crippen LogP contribution in [0.3, 0.4) is 0 Å². The van der Waals surface area contributed by atoms with Crippen LogP contribution in [0.5, 0.6) is 0 Å². The van der Waals surface area contributed by atoms with Crippen molar-refractivity contribution in [1.29, 1.82) is 0 Å². The minimum absolute atomic E-state index is 0.0205. The second kappa shape index (κ2) is 4.97. The number of ether oxygens (including phenoxy) is 1. The van der Waals surface area contributed by atoms with Gasteiger partial charge in [0, 0.05) is 0 Å². The molecule has 0 saturated carbocycles. The summed E-state index contributed by atoms with van der Waals surface area (Å²) in [5.41, 5.74) is 0.416. The minimum atomic E-state index is -3.68. The zero-order chi connectivity index (χ0) is 13.2. The summed E-state index contributed by atoms with van der Waals surface area (Å²) < 4.78 is 42.4. The molecule has 0 amide bonds. The molecule has 0 N–H and O–H groups in total. The van der Waals surface area contributed by atoms with E-state index >= 15 is 0 Å². The third-order valence-corrected chi connectivity index (χ3v) is 4.77. The molecule has 1 heterocycles. The zero-order valence-electron chi connectivity index (χ0n) is 9.30. The second-order valence-corrected chi connectivity index (χ2v) is 6.07. The molecule has 0 atom stereocenters. The Bertz CT molecular complexity index is 603. The third kappa shape index (κ3) is 2.33. The molecule has 7 heteroatoms. The van der Waals surface area contributed by atoms with E-state index in [2.05, 4.69) is 4.99 Å². The van der Waals surface area contributed by atoms with E-state index in [0.717, 1.165) is 6.07 Å². The lowest BCUT2D eigenvalue weighted by molar-refractivity contribution is 0.0415. The number of isocyanates is 1. The Morgan fingerprint density at radius 2 is 2.17 bits per heavy atom. The SMILES string of the molecule is O=C=NCc1ccc(S(=O)(=O)C2COC2)c(F)c1. The van der Waals surface area contributed by atoms with Gasteiger partial charge in [0.1, 0.15) is 16.0 Å². The van der Waals surface area contributed by atoms with E-state index in [1.807, 2.05) is 0 Å². The standard InChI is InChI=1S/C11H10FNO4S/c12-10-3-8(4-13-7-14)1-2-11(10)18(15,16)9-5-17-6-9/h1-3,9H,4-6H2. The van der Waals surface area contributed by atoms with Crippen LogP contribution < -0.4 is 0 Å². The van der Waals surface area contributed by atoms with Gasteiger partial charge >= 0.3 is 0 Å². The summed E-state index contributed by atoms with van der Waals surface area (Å²) in [6, 6.07) is 3.68. The first kappa shape index (κ1) is 12.9. The van der Waals surface area contributed by atoms with Gasteiger partial charge in [-0.3, -0.25) is 0 Å². The maximum atomic E-state index is 13.7. The average molecular weight is 271 g/mol. The molecule has 0 aliphatic carbocycles. The lowest BCUT2D eigenvalue weighted by atomic mass is 10.2. The first-order chi connectivity index (χ1) is 8.55. The van der Waals surface area contributed by atoms with Crippen molar-refractivity contribution in [2.24, 2.45) is 4.99 Å². The highest BCUT2D eigenvalue weighted by Gasteiger charge is 2.35. The zero-order valence-corrected chi connectivity index (χ0v) is 10.1. The molecular formula is C11H10FNO4S. The van der Waals surface area contributed by atoms with Crippen LogP contribution in [0.4, 0.5) is 4.39 Å². The lowest BCUT2D eigenvalue weighted by Crippen LogP contribution is -2.40. The molecule has 0 spiro atoms. The number of benzene rings is 1. The van der Waals surface area contributed by atoms with Crippen LogP contribution in [0.25, 0.3) is 0 Å². The van der Waals surface area contributed by atoms with E-state index < -0.39 is 20.9 Å². The van der Waals surface area contributed by atoms with Crippen molar-refractivity contribution < 1.29 is 22.3 Å². The van der Waals surface area contributed by atoms with Crippen molar-refractivity contribution in [2.45, 2.75) is 16.7 Å². The van der Waals surface area contributed by atoms with Crippen LogP contribution in [0.1, 0.15) is 5.56 Å². The predicted octanol–water partition coefficient (Wildman–Crippen LogP) is 0.834. The van der Waals surface area contributed by atoms with Gasteiger partial charge in [-0.1, -0.05) is 6.07 Å². The van der Waals surface area contributed by atoms with Crippen LogP contribution in [-0.2, 0) is 25.9 Å². The fourth-order valence-corrected chi connectivity index (χ4v) is 3.07. The molecule has 1 aliphatic heterocycles. The van der Waals surface area contributed by atoms with Gasteiger partial charge in [0.25, 0.3) is 0 Å². The summed E-state index contributed by atoms with van der Waals surface area (Å²) in [6.07, 6.45) is 1.33. The highest BCUT2D eigenvalue weighted by molar-refractivity contribution is 7.92. The fourth-order valence-electron chi connectivity index (χ4n) is 1.57. The molecule has 0 radical (unpaired) electrons. The summed E-state index contributed by atoms with van der Waals surface area (Å²) in [6.45, 7) is 0.172. The molecule has 18 heavy (non-hydrogen) atoms. The van der Waals surface area contributed by atoms with Crippen molar-refractivity contribution in [3.05, 3.63) is 29.6 Å². The Hall–Kier alpha value is -1.56. The normalized spacial score (nSPS) is 15.8. The number of sulfone groups is 1. The number of nitrogens with zero attached hydrogens (tertiary/aromatic N) is 1. The molecular weight excluding hydrogens is 261 g/mol. The molecule has 1 saturated heterocycles. The predicted molar refractivity (Wildman–Crippen MR) is 60.0 cm³/mol. The maximum absolute atomic E-state index is 13.7. The van der Waals surface area contributed by atoms with E-state index in [-0.39, 0.29) is 24.7 Å². The van der Waals surface area contributed by atoms with E-state index in [1.54, 1.807) is 0 Å².